The first-order chi connectivity index (χ1) is 7.15. The van der Waals surface area contributed by atoms with Gasteiger partial charge >= 0.3 is 6.09 Å². The van der Waals surface area contributed by atoms with E-state index in [1.807, 2.05) is 0 Å². The molecule has 1 aromatic heterocycles. The van der Waals surface area contributed by atoms with E-state index in [4.69, 9.17) is 5.11 Å². The van der Waals surface area contributed by atoms with Gasteiger partial charge in [-0.25, -0.2) is 4.79 Å². The van der Waals surface area contributed by atoms with Gasteiger partial charge in [0.2, 0.25) is 0 Å². The van der Waals surface area contributed by atoms with Crippen LogP contribution in [0.1, 0.15) is 18.7 Å². The normalized spacial score (nSPS) is 12.1. The number of hydrogen-bond acceptors (Lipinski definition) is 4. The summed E-state index contributed by atoms with van der Waals surface area (Å²) in [6.45, 7) is 2.04. The minimum absolute atomic E-state index is 0.00449. The lowest BCUT2D eigenvalue weighted by molar-refractivity contribution is 0.0970. The minimum atomic E-state index is -1.06. The van der Waals surface area contributed by atoms with Crippen molar-refractivity contribution >= 4 is 6.09 Å². The second kappa shape index (κ2) is 5.26. The van der Waals surface area contributed by atoms with Crippen LogP contribution in [0.2, 0.25) is 0 Å². The first-order valence-electron chi connectivity index (χ1n) is 4.57. The number of carboxylic acid groups (broad SMARTS) is 1. The molecule has 0 aliphatic heterocycles. The van der Waals surface area contributed by atoms with E-state index >= 15 is 0 Å². The summed E-state index contributed by atoms with van der Waals surface area (Å²) in [5.41, 5.74) is 0.372. The molecule has 2 N–H and O–H groups in total. The maximum atomic E-state index is 10.7. The quantitative estimate of drug-likeness (QED) is 0.757. The topological polar surface area (TPSA) is 86.5 Å². The fourth-order valence-electron chi connectivity index (χ4n) is 1.13. The van der Waals surface area contributed by atoms with Crippen molar-refractivity contribution in [3.05, 3.63) is 24.3 Å². The molecule has 6 nitrogen and oxygen atoms in total. The number of carbonyl (C=O) groups is 1. The summed E-state index contributed by atoms with van der Waals surface area (Å²) in [6, 6.07) is 0. The van der Waals surface area contributed by atoms with Crippen LogP contribution >= 0.6 is 0 Å². The maximum absolute atomic E-state index is 10.7. The summed E-state index contributed by atoms with van der Waals surface area (Å²) in [6.07, 6.45) is 2.37. The number of rotatable bonds is 4. The van der Waals surface area contributed by atoms with Crippen molar-refractivity contribution < 1.29 is 15.0 Å². The molecule has 0 aromatic carbocycles. The number of amides is 1. The molecule has 1 atom stereocenters. The number of likely N-dealkylation sites (N-methyl/N-ethyl adjacent to an activating group) is 1. The highest BCUT2D eigenvalue weighted by molar-refractivity contribution is 5.64. The third kappa shape index (κ3) is 3.17. The Bertz CT molecular complexity index is 318. The summed E-state index contributed by atoms with van der Waals surface area (Å²) < 4.78 is 0. The summed E-state index contributed by atoms with van der Waals surface area (Å²) >= 11 is 0. The predicted molar refractivity (Wildman–Crippen MR) is 52.3 cm³/mol. The molecule has 0 aliphatic rings. The first-order valence-corrected chi connectivity index (χ1v) is 4.57. The molecule has 0 saturated carbocycles. The molecule has 0 fully saturated rings. The second-order valence-electron chi connectivity index (χ2n) is 2.97. The maximum Gasteiger partial charge on any atom is 0.407 e. The molecule has 0 bridgehead atoms. The van der Waals surface area contributed by atoms with E-state index in [0.717, 1.165) is 4.90 Å². The lowest BCUT2D eigenvalue weighted by atomic mass is 10.2. The van der Waals surface area contributed by atoms with Gasteiger partial charge < -0.3 is 15.1 Å². The number of aliphatic hydroxyl groups is 1. The Morgan fingerprint density at radius 3 is 2.80 bits per heavy atom. The van der Waals surface area contributed by atoms with Crippen molar-refractivity contribution in [1.82, 2.24) is 14.9 Å². The van der Waals surface area contributed by atoms with Crippen LogP contribution < -0.4 is 0 Å². The Kier molecular flexibility index (Phi) is 3.99. The van der Waals surface area contributed by atoms with Crippen molar-refractivity contribution in [2.24, 2.45) is 0 Å². The smallest absolute Gasteiger partial charge is 0.407 e. The van der Waals surface area contributed by atoms with Crippen LogP contribution in [0.4, 0.5) is 4.79 Å². The van der Waals surface area contributed by atoms with Crippen LogP contribution in [0.15, 0.2) is 18.6 Å². The average Bonchev–Trinajstić information content (AvgIpc) is 2.26. The molecule has 1 rings (SSSR count). The van der Waals surface area contributed by atoms with E-state index in [1.165, 1.54) is 18.6 Å². The first kappa shape index (κ1) is 11.4. The zero-order chi connectivity index (χ0) is 11.3. The van der Waals surface area contributed by atoms with Crippen LogP contribution in [0, 0.1) is 0 Å². The molecule has 82 valence electrons. The molecule has 0 radical (unpaired) electrons. The van der Waals surface area contributed by atoms with Gasteiger partial charge in [0.25, 0.3) is 0 Å². The van der Waals surface area contributed by atoms with Crippen molar-refractivity contribution in [2.45, 2.75) is 13.0 Å². The van der Waals surface area contributed by atoms with Crippen molar-refractivity contribution in [3.8, 4) is 0 Å². The lowest BCUT2D eigenvalue weighted by Gasteiger charge is -2.19. The summed E-state index contributed by atoms with van der Waals surface area (Å²) in [5.74, 6) is 0. The van der Waals surface area contributed by atoms with Crippen molar-refractivity contribution in [3.63, 3.8) is 0 Å². The van der Waals surface area contributed by atoms with Gasteiger partial charge in [-0.3, -0.25) is 9.97 Å². The molecule has 6 heteroatoms. The van der Waals surface area contributed by atoms with E-state index in [-0.39, 0.29) is 6.54 Å². The fourth-order valence-corrected chi connectivity index (χ4v) is 1.13. The average molecular weight is 211 g/mol. The highest BCUT2D eigenvalue weighted by Gasteiger charge is 2.16. The SMILES string of the molecule is CCN(C[C@@H](O)c1cnccn1)C(=O)O. The summed E-state index contributed by atoms with van der Waals surface area (Å²) in [5, 5.41) is 18.4. The van der Waals surface area contributed by atoms with E-state index in [1.54, 1.807) is 6.92 Å². The summed E-state index contributed by atoms with van der Waals surface area (Å²) in [7, 11) is 0. The summed E-state index contributed by atoms with van der Waals surface area (Å²) in [4.78, 5) is 19.5. The molecule has 1 amide bonds. The van der Waals surface area contributed by atoms with Gasteiger partial charge in [-0.05, 0) is 6.92 Å². The number of aromatic nitrogens is 2. The van der Waals surface area contributed by atoms with E-state index in [9.17, 15) is 9.90 Å². The molecular formula is C9H13N3O3. The van der Waals surface area contributed by atoms with E-state index in [2.05, 4.69) is 9.97 Å². The van der Waals surface area contributed by atoms with Crippen LogP contribution in [0.5, 0.6) is 0 Å². The Morgan fingerprint density at radius 1 is 1.60 bits per heavy atom. The van der Waals surface area contributed by atoms with E-state index in [0.29, 0.717) is 12.2 Å². The Balaban J connectivity index is 2.62. The number of nitrogens with zero attached hydrogens (tertiary/aromatic N) is 3. The third-order valence-electron chi connectivity index (χ3n) is 1.97. The highest BCUT2D eigenvalue weighted by atomic mass is 16.4. The number of hydrogen-bond donors (Lipinski definition) is 2. The zero-order valence-corrected chi connectivity index (χ0v) is 8.37. The van der Waals surface area contributed by atoms with Crippen LogP contribution in [0.25, 0.3) is 0 Å². The predicted octanol–water partition coefficient (Wildman–Crippen LogP) is 0.510. The molecule has 1 heterocycles. The fraction of sp³-hybridized carbons (Fsp3) is 0.444. The molecule has 0 saturated heterocycles. The Labute approximate surface area is 87.2 Å². The van der Waals surface area contributed by atoms with Gasteiger partial charge in [0.1, 0.15) is 6.10 Å². The monoisotopic (exact) mass is 211 g/mol. The van der Waals surface area contributed by atoms with Gasteiger partial charge in [0, 0.05) is 18.9 Å². The molecular weight excluding hydrogens is 198 g/mol. The van der Waals surface area contributed by atoms with Gasteiger partial charge in [-0.15, -0.1) is 0 Å². The molecule has 0 aliphatic carbocycles. The second-order valence-corrected chi connectivity index (χ2v) is 2.97. The Morgan fingerprint density at radius 2 is 2.33 bits per heavy atom. The van der Waals surface area contributed by atoms with Crippen molar-refractivity contribution in [1.29, 1.82) is 0 Å². The Hall–Kier alpha value is -1.69. The van der Waals surface area contributed by atoms with Crippen LogP contribution in [-0.2, 0) is 0 Å². The zero-order valence-electron chi connectivity index (χ0n) is 8.37. The van der Waals surface area contributed by atoms with Crippen LogP contribution in [0.3, 0.4) is 0 Å². The lowest BCUT2D eigenvalue weighted by Crippen LogP contribution is -2.33. The molecule has 1 aromatic rings. The standard InChI is InChI=1S/C9H13N3O3/c1-2-12(9(14)15)6-8(13)7-5-10-3-4-11-7/h3-5,8,13H,2,6H2,1H3,(H,14,15)/t8-/m1/s1. The highest BCUT2D eigenvalue weighted by Crippen LogP contribution is 2.09. The minimum Gasteiger partial charge on any atom is -0.465 e. The molecule has 15 heavy (non-hydrogen) atoms. The largest absolute Gasteiger partial charge is 0.465 e. The number of aliphatic hydroxyl groups excluding tert-OH is 1. The molecule has 0 unspecified atom stereocenters. The van der Waals surface area contributed by atoms with Crippen LogP contribution in [-0.4, -0.2) is 44.3 Å². The van der Waals surface area contributed by atoms with Gasteiger partial charge in [-0.2, -0.15) is 0 Å². The van der Waals surface area contributed by atoms with Crippen molar-refractivity contribution in [2.75, 3.05) is 13.1 Å². The third-order valence-corrected chi connectivity index (χ3v) is 1.97. The van der Waals surface area contributed by atoms with Gasteiger partial charge in [0.05, 0.1) is 18.4 Å². The van der Waals surface area contributed by atoms with E-state index < -0.39 is 12.2 Å². The van der Waals surface area contributed by atoms with Gasteiger partial charge in [0.15, 0.2) is 0 Å². The van der Waals surface area contributed by atoms with Gasteiger partial charge in [-0.1, -0.05) is 0 Å². The molecule has 0 spiro atoms.